The fraction of sp³-hybridized carbons (Fsp3) is 0.625. The number of nitrogens with zero attached hydrogens (tertiary/aromatic N) is 1. The maximum absolute atomic E-state index is 3.96. The van der Waals surface area contributed by atoms with Crippen LogP contribution in [0.25, 0.3) is 0 Å². The van der Waals surface area contributed by atoms with E-state index in [9.17, 15) is 0 Å². The number of rotatable bonds is 4. The van der Waals surface area contributed by atoms with Gasteiger partial charge in [-0.25, -0.2) is 4.98 Å². The summed E-state index contributed by atoms with van der Waals surface area (Å²) in [6.07, 6.45) is 4.64. The fourth-order valence-corrected chi connectivity index (χ4v) is 1.27. The van der Waals surface area contributed by atoms with E-state index in [2.05, 4.69) is 20.6 Å². The number of hydrogen-bond acceptors (Lipinski definition) is 3. The van der Waals surface area contributed by atoms with Crippen molar-refractivity contribution in [2.75, 3.05) is 19.6 Å². The lowest BCUT2D eigenvalue weighted by Gasteiger charge is -2.27. The van der Waals surface area contributed by atoms with Crippen molar-refractivity contribution in [3.05, 3.63) is 18.2 Å². The highest BCUT2D eigenvalue weighted by Crippen LogP contribution is 1.93. The van der Waals surface area contributed by atoms with Crippen LogP contribution in [0.3, 0.4) is 0 Å². The molecule has 66 valence electrons. The molecule has 0 spiro atoms. The van der Waals surface area contributed by atoms with E-state index >= 15 is 0 Å². The van der Waals surface area contributed by atoms with Crippen molar-refractivity contribution in [2.45, 2.75) is 12.5 Å². The molecule has 0 atom stereocenters. The monoisotopic (exact) mass is 166 g/mol. The SMILES string of the molecule is c1ncc(CCNC2CNC2)[nH]1. The molecule has 1 aromatic rings. The zero-order valence-electron chi connectivity index (χ0n) is 7.01. The van der Waals surface area contributed by atoms with Gasteiger partial charge in [-0.15, -0.1) is 0 Å². The summed E-state index contributed by atoms with van der Waals surface area (Å²) in [5.74, 6) is 0. The van der Waals surface area contributed by atoms with Crippen molar-refractivity contribution in [1.29, 1.82) is 0 Å². The van der Waals surface area contributed by atoms with Crippen LogP contribution in [-0.2, 0) is 6.42 Å². The van der Waals surface area contributed by atoms with Crippen molar-refractivity contribution in [2.24, 2.45) is 0 Å². The number of H-pyrrole nitrogens is 1. The van der Waals surface area contributed by atoms with Crippen LogP contribution in [-0.4, -0.2) is 35.6 Å². The van der Waals surface area contributed by atoms with Crippen LogP contribution in [0.1, 0.15) is 5.69 Å². The van der Waals surface area contributed by atoms with E-state index in [1.165, 1.54) is 5.69 Å². The van der Waals surface area contributed by atoms with E-state index in [1.54, 1.807) is 6.33 Å². The zero-order chi connectivity index (χ0) is 8.23. The summed E-state index contributed by atoms with van der Waals surface area (Å²) in [5, 5.41) is 6.67. The third-order valence-electron chi connectivity index (χ3n) is 2.16. The second-order valence-electron chi connectivity index (χ2n) is 3.14. The molecule has 2 rings (SSSR count). The van der Waals surface area contributed by atoms with E-state index in [1.807, 2.05) is 6.20 Å². The lowest BCUT2D eigenvalue weighted by atomic mass is 10.2. The average molecular weight is 166 g/mol. The first-order valence-electron chi connectivity index (χ1n) is 4.36. The quantitative estimate of drug-likeness (QED) is 0.566. The number of nitrogens with one attached hydrogen (secondary N) is 3. The van der Waals surface area contributed by atoms with Gasteiger partial charge in [-0.3, -0.25) is 0 Å². The Bertz CT molecular complexity index is 215. The van der Waals surface area contributed by atoms with Crippen LogP contribution in [0.4, 0.5) is 0 Å². The second kappa shape index (κ2) is 3.69. The molecule has 2 heterocycles. The molecule has 1 saturated heterocycles. The molecule has 1 aliphatic heterocycles. The summed E-state index contributed by atoms with van der Waals surface area (Å²) in [6.45, 7) is 3.26. The van der Waals surface area contributed by atoms with Gasteiger partial charge < -0.3 is 15.6 Å². The number of hydrogen-bond donors (Lipinski definition) is 3. The molecule has 1 aromatic heterocycles. The summed E-state index contributed by atoms with van der Waals surface area (Å²) in [5.41, 5.74) is 1.20. The molecule has 1 aliphatic rings. The Morgan fingerprint density at radius 2 is 2.50 bits per heavy atom. The summed E-state index contributed by atoms with van der Waals surface area (Å²) in [6, 6.07) is 0.688. The summed E-state index contributed by atoms with van der Waals surface area (Å²) in [7, 11) is 0. The molecule has 3 N–H and O–H groups in total. The minimum absolute atomic E-state index is 0.688. The second-order valence-corrected chi connectivity index (χ2v) is 3.14. The molecule has 4 nitrogen and oxygen atoms in total. The molecular weight excluding hydrogens is 152 g/mol. The Labute approximate surface area is 71.8 Å². The predicted octanol–water partition coefficient (Wildman–Crippen LogP) is -0.486. The van der Waals surface area contributed by atoms with Gasteiger partial charge in [-0.05, 0) is 0 Å². The standard InChI is InChI=1S/C8H14N4/c1(7-3-10-6-12-7)2-11-8-4-9-5-8/h3,6,8-9,11H,1-2,4-5H2,(H,10,12). The number of aromatic amines is 1. The van der Waals surface area contributed by atoms with Crippen molar-refractivity contribution < 1.29 is 0 Å². The van der Waals surface area contributed by atoms with Crippen LogP contribution in [0.5, 0.6) is 0 Å². The molecule has 0 bridgehead atoms. The smallest absolute Gasteiger partial charge is 0.0921 e. The first kappa shape index (κ1) is 7.76. The van der Waals surface area contributed by atoms with Gasteiger partial charge >= 0.3 is 0 Å². The average Bonchev–Trinajstić information content (AvgIpc) is 2.46. The Morgan fingerprint density at radius 1 is 1.58 bits per heavy atom. The van der Waals surface area contributed by atoms with Gasteiger partial charge in [0.25, 0.3) is 0 Å². The van der Waals surface area contributed by atoms with Crippen molar-refractivity contribution in [3.63, 3.8) is 0 Å². The Balaban J connectivity index is 1.62. The van der Waals surface area contributed by atoms with E-state index in [0.717, 1.165) is 26.1 Å². The summed E-state index contributed by atoms with van der Waals surface area (Å²) >= 11 is 0. The lowest BCUT2D eigenvalue weighted by Crippen LogP contribution is -2.55. The third kappa shape index (κ3) is 1.84. The molecule has 0 unspecified atom stereocenters. The Kier molecular flexibility index (Phi) is 2.39. The van der Waals surface area contributed by atoms with Crippen LogP contribution >= 0.6 is 0 Å². The lowest BCUT2D eigenvalue weighted by molar-refractivity contribution is 0.368. The third-order valence-corrected chi connectivity index (χ3v) is 2.16. The van der Waals surface area contributed by atoms with Gasteiger partial charge in [0.05, 0.1) is 6.33 Å². The van der Waals surface area contributed by atoms with Gasteiger partial charge in [0.2, 0.25) is 0 Å². The first-order chi connectivity index (χ1) is 5.95. The summed E-state index contributed by atoms with van der Waals surface area (Å²) in [4.78, 5) is 7.04. The van der Waals surface area contributed by atoms with Crippen molar-refractivity contribution >= 4 is 0 Å². The fourth-order valence-electron chi connectivity index (χ4n) is 1.27. The Hall–Kier alpha value is -0.870. The van der Waals surface area contributed by atoms with Gasteiger partial charge in [0.15, 0.2) is 0 Å². The molecule has 0 aromatic carbocycles. The van der Waals surface area contributed by atoms with E-state index < -0.39 is 0 Å². The highest BCUT2D eigenvalue weighted by Gasteiger charge is 2.14. The number of imidazole rings is 1. The topological polar surface area (TPSA) is 52.7 Å². The van der Waals surface area contributed by atoms with Crippen molar-refractivity contribution in [1.82, 2.24) is 20.6 Å². The van der Waals surface area contributed by atoms with Crippen molar-refractivity contribution in [3.8, 4) is 0 Å². The molecule has 1 fully saturated rings. The maximum atomic E-state index is 3.96. The van der Waals surface area contributed by atoms with Crippen LogP contribution in [0.2, 0.25) is 0 Å². The normalized spacial score (nSPS) is 17.7. The molecule has 0 radical (unpaired) electrons. The first-order valence-corrected chi connectivity index (χ1v) is 4.36. The molecule has 12 heavy (non-hydrogen) atoms. The summed E-state index contributed by atoms with van der Waals surface area (Å²) < 4.78 is 0. The van der Waals surface area contributed by atoms with Crippen LogP contribution < -0.4 is 10.6 Å². The van der Waals surface area contributed by atoms with E-state index in [-0.39, 0.29) is 0 Å². The minimum Gasteiger partial charge on any atom is -0.348 e. The van der Waals surface area contributed by atoms with Gasteiger partial charge in [-0.2, -0.15) is 0 Å². The molecule has 0 saturated carbocycles. The van der Waals surface area contributed by atoms with Crippen LogP contribution in [0.15, 0.2) is 12.5 Å². The largest absolute Gasteiger partial charge is 0.348 e. The maximum Gasteiger partial charge on any atom is 0.0921 e. The predicted molar refractivity (Wildman–Crippen MR) is 47.0 cm³/mol. The van der Waals surface area contributed by atoms with Gasteiger partial charge in [0, 0.05) is 44.0 Å². The highest BCUT2D eigenvalue weighted by atomic mass is 15.1. The minimum atomic E-state index is 0.688. The van der Waals surface area contributed by atoms with Gasteiger partial charge in [0.1, 0.15) is 0 Å². The number of aromatic nitrogens is 2. The Morgan fingerprint density at radius 3 is 3.08 bits per heavy atom. The zero-order valence-corrected chi connectivity index (χ0v) is 7.01. The van der Waals surface area contributed by atoms with Gasteiger partial charge in [-0.1, -0.05) is 0 Å². The van der Waals surface area contributed by atoms with E-state index in [4.69, 9.17) is 0 Å². The molecule has 4 heteroatoms. The van der Waals surface area contributed by atoms with E-state index in [0.29, 0.717) is 6.04 Å². The highest BCUT2D eigenvalue weighted by molar-refractivity contribution is 4.95. The molecular formula is C8H14N4. The molecule has 0 amide bonds. The molecule has 0 aliphatic carbocycles. The van der Waals surface area contributed by atoms with Crippen LogP contribution in [0, 0.1) is 0 Å².